The fourth-order valence-electron chi connectivity index (χ4n) is 8.48. The van der Waals surface area contributed by atoms with Gasteiger partial charge in [0.2, 0.25) is 0 Å². The molecule has 6 heterocycles. The zero-order chi connectivity index (χ0) is 33.3. The number of aromatic nitrogens is 2. The molecule has 0 aromatic carbocycles. The molecule has 5 aliphatic rings. The molecule has 0 spiro atoms. The second-order valence-electron chi connectivity index (χ2n) is 13.6. The molecule has 10 heteroatoms. The van der Waals surface area contributed by atoms with Gasteiger partial charge in [-0.1, -0.05) is 13.8 Å². The number of carbonyl (C=O) groups excluding carboxylic acids is 2. The summed E-state index contributed by atoms with van der Waals surface area (Å²) in [4.78, 5) is 33.4. The van der Waals surface area contributed by atoms with Crippen LogP contribution >= 0.6 is 0 Å². The predicted octanol–water partition coefficient (Wildman–Crippen LogP) is 3.04. The SMILES string of the molecule is CCOC(=O)CC[C@@H]1/C2=C3/c4[nH]c(c(C)c4[C@@H](O)[C@@H]3C(=O)OC)/C=c3\[nH]/c(c(C)c3CC)=C\C3NC(=C(C)[C@H]3[C@H]3CO3)/C=C(\N2)[C@H]1C. The van der Waals surface area contributed by atoms with Gasteiger partial charge in [-0.3, -0.25) is 9.59 Å². The zero-order valence-corrected chi connectivity index (χ0v) is 28.3. The third kappa shape index (κ3) is 5.08. The van der Waals surface area contributed by atoms with E-state index in [1.165, 1.54) is 23.8 Å². The van der Waals surface area contributed by atoms with Crippen LogP contribution in [-0.2, 0) is 30.2 Å². The maximum atomic E-state index is 13.4. The van der Waals surface area contributed by atoms with Crippen molar-refractivity contribution in [2.75, 3.05) is 20.3 Å². The average molecular weight is 643 g/mol. The molecule has 7 rings (SSSR count). The molecule has 7 atom stereocenters. The van der Waals surface area contributed by atoms with E-state index in [9.17, 15) is 14.7 Å². The number of H-pyrrole nitrogens is 2. The Bertz CT molecular complexity index is 1870. The molecule has 0 radical (unpaired) electrons. The lowest BCUT2D eigenvalue weighted by molar-refractivity contribution is -0.146. The van der Waals surface area contributed by atoms with E-state index >= 15 is 0 Å². The smallest absolute Gasteiger partial charge is 0.316 e. The van der Waals surface area contributed by atoms with Crippen molar-refractivity contribution in [1.29, 1.82) is 0 Å². The second-order valence-corrected chi connectivity index (χ2v) is 13.6. The summed E-state index contributed by atoms with van der Waals surface area (Å²) in [6.45, 7) is 13.5. The van der Waals surface area contributed by atoms with E-state index in [2.05, 4.69) is 66.5 Å². The number of epoxide rings is 1. The fraction of sp³-hybridized carbons (Fsp3) is 0.514. The van der Waals surface area contributed by atoms with Crippen molar-refractivity contribution in [2.24, 2.45) is 23.7 Å². The topological polar surface area (TPSA) is 141 Å². The molecule has 1 aliphatic carbocycles. The van der Waals surface area contributed by atoms with Gasteiger partial charge in [-0.15, -0.1) is 0 Å². The Kier molecular flexibility index (Phi) is 7.99. The molecule has 10 nitrogen and oxygen atoms in total. The molecule has 2 fully saturated rings. The van der Waals surface area contributed by atoms with Crippen molar-refractivity contribution < 1.29 is 28.9 Å². The van der Waals surface area contributed by atoms with Gasteiger partial charge >= 0.3 is 11.9 Å². The third-order valence-corrected chi connectivity index (χ3v) is 11.1. The number of methoxy groups -OCH3 is 1. The van der Waals surface area contributed by atoms with Crippen LogP contribution in [-0.4, -0.2) is 59.5 Å². The number of aliphatic hydroxyl groups excluding tert-OH is 1. The molecule has 2 aromatic heterocycles. The summed E-state index contributed by atoms with van der Waals surface area (Å²) in [5, 5.41) is 21.5. The quantitative estimate of drug-likeness (QED) is 0.229. The minimum Gasteiger partial charge on any atom is -0.468 e. The Labute approximate surface area is 275 Å². The van der Waals surface area contributed by atoms with Gasteiger partial charge in [0.05, 0.1) is 44.3 Å². The van der Waals surface area contributed by atoms with E-state index in [-0.39, 0.29) is 42.3 Å². The molecular weight excluding hydrogens is 596 g/mol. The highest BCUT2D eigenvalue weighted by atomic mass is 16.6. The van der Waals surface area contributed by atoms with Crippen molar-refractivity contribution in [1.82, 2.24) is 20.6 Å². The molecule has 8 bridgehead atoms. The highest BCUT2D eigenvalue weighted by Gasteiger charge is 2.49. The summed E-state index contributed by atoms with van der Waals surface area (Å²) in [7, 11) is 1.36. The predicted molar refractivity (Wildman–Crippen MR) is 178 cm³/mol. The number of carbonyl (C=O) groups is 2. The van der Waals surface area contributed by atoms with Crippen molar-refractivity contribution in [3.8, 4) is 0 Å². The first-order valence-corrected chi connectivity index (χ1v) is 16.9. The molecule has 2 aromatic rings. The van der Waals surface area contributed by atoms with Crippen molar-refractivity contribution in [3.63, 3.8) is 0 Å². The first-order chi connectivity index (χ1) is 22.6. The number of aliphatic hydroxyl groups is 1. The summed E-state index contributed by atoms with van der Waals surface area (Å²) >= 11 is 0. The molecule has 4 aliphatic heterocycles. The van der Waals surface area contributed by atoms with Gasteiger partial charge in [-0.05, 0) is 81.0 Å². The van der Waals surface area contributed by atoms with Crippen molar-refractivity contribution in [2.45, 2.75) is 79.1 Å². The van der Waals surface area contributed by atoms with Crippen LogP contribution in [0.15, 0.2) is 28.7 Å². The van der Waals surface area contributed by atoms with Crippen LogP contribution < -0.4 is 21.3 Å². The summed E-state index contributed by atoms with van der Waals surface area (Å²) < 4.78 is 16.5. The van der Waals surface area contributed by atoms with Crippen molar-refractivity contribution >= 4 is 29.7 Å². The third-order valence-electron chi connectivity index (χ3n) is 11.1. The molecule has 250 valence electrons. The maximum Gasteiger partial charge on any atom is 0.316 e. The number of nitrogens with one attached hydrogen (secondary N) is 4. The average Bonchev–Trinajstić information content (AvgIpc) is 3.43. The molecule has 5 N–H and O–H groups in total. The van der Waals surface area contributed by atoms with E-state index in [0.29, 0.717) is 24.2 Å². The molecule has 0 amide bonds. The van der Waals surface area contributed by atoms with Gasteiger partial charge in [-0.2, -0.15) is 0 Å². The van der Waals surface area contributed by atoms with Gasteiger partial charge in [-0.25, -0.2) is 0 Å². The standard InChI is InChI=1S/C37H46N4O6/c1-8-20-16(3)22-14-27-30(28-15-47-28)18(5)24(39-27)12-23-17(4)21(10-11-29(42)46-9-2)34(40-23)32-33(37(44)45-7)36(43)31-19(6)25(41-35(31)32)13-26(20)38-22/h12-14,17,21,27-28,30,33,36,38-41,43H,8-11,15H2,1-7H3/b22-14-,23-12-,26-13-,34-32-/t17-,21-,27?,28+,30+,33+,36+/m0/s1. The minimum absolute atomic E-state index is 0.00940. The number of hydrogen-bond donors (Lipinski definition) is 5. The van der Waals surface area contributed by atoms with E-state index in [1.807, 2.05) is 13.8 Å². The summed E-state index contributed by atoms with van der Waals surface area (Å²) in [5.41, 5.74) is 10.4. The molecule has 1 unspecified atom stereocenters. The first-order valence-electron chi connectivity index (χ1n) is 16.9. The number of esters is 2. The van der Waals surface area contributed by atoms with E-state index in [0.717, 1.165) is 57.8 Å². The highest BCUT2D eigenvalue weighted by molar-refractivity contribution is 5.95. The Morgan fingerprint density at radius 2 is 1.85 bits per heavy atom. The van der Waals surface area contributed by atoms with E-state index in [4.69, 9.17) is 14.2 Å². The zero-order valence-electron chi connectivity index (χ0n) is 28.3. The van der Waals surface area contributed by atoms with Gasteiger partial charge < -0.3 is 39.9 Å². The van der Waals surface area contributed by atoms with Crippen LogP contribution in [0.2, 0.25) is 0 Å². The molecule has 2 saturated heterocycles. The van der Waals surface area contributed by atoms with Crippen LogP contribution in [0.1, 0.15) is 80.3 Å². The molecule has 47 heavy (non-hydrogen) atoms. The largest absolute Gasteiger partial charge is 0.468 e. The van der Waals surface area contributed by atoms with E-state index in [1.54, 1.807) is 0 Å². The Balaban J connectivity index is 1.50. The van der Waals surface area contributed by atoms with Crippen LogP contribution in [0.25, 0.3) is 17.7 Å². The first kappa shape index (κ1) is 31.6. The Hall–Kier alpha value is -4.02. The lowest BCUT2D eigenvalue weighted by atomic mass is 9.84. The fourth-order valence-corrected chi connectivity index (χ4v) is 8.48. The van der Waals surface area contributed by atoms with Crippen LogP contribution in [0.4, 0.5) is 0 Å². The van der Waals surface area contributed by atoms with Crippen LogP contribution in [0.5, 0.6) is 0 Å². The summed E-state index contributed by atoms with van der Waals surface area (Å²) in [5.74, 6) is -1.62. The van der Waals surface area contributed by atoms with Gasteiger partial charge in [0.15, 0.2) is 0 Å². The number of ether oxygens (including phenoxy) is 3. The Morgan fingerprint density at radius 1 is 1.09 bits per heavy atom. The normalized spacial score (nSPS) is 32.9. The lowest BCUT2D eigenvalue weighted by Crippen LogP contribution is -2.32. The van der Waals surface area contributed by atoms with Gasteiger partial charge in [0.25, 0.3) is 0 Å². The lowest BCUT2D eigenvalue weighted by Gasteiger charge is -2.21. The Morgan fingerprint density at radius 3 is 2.53 bits per heavy atom. The minimum atomic E-state index is -1.09. The maximum absolute atomic E-state index is 13.4. The van der Waals surface area contributed by atoms with Gasteiger partial charge in [0.1, 0.15) is 5.92 Å². The number of allylic oxidation sites excluding steroid dienone is 3. The van der Waals surface area contributed by atoms with E-state index < -0.39 is 18.0 Å². The summed E-state index contributed by atoms with van der Waals surface area (Å²) in [6.07, 6.45) is 7.30. The molecule has 0 saturated carbocycles. The number of aromatic amines is 2. The van der Waals surface area contributed by atoms with Crippen LogP contribution in [0.3, 0.4) is 0 Å². The number of hydrogen-bond acceptors (Lipinski definition) is 8. The highest BCUT2D eigenvalue weighted by Crippen LogP contribution is 2.52. The number of fused-ring (bicyclic) bond motifs is 7. The summed E-state index contributed by atoms with van der Waals surface area (Å²) in [6, 6.07) is 0.0437. The van der Waals surface area contributed by atoms with Crippen LogP contribution in [0, 0.1) is 37.5 Å². The number of rotatable bonds is 7. The van der Waals surface area contributed by atoms with Gasteiger partial charge in [0, 0.05) is 68.8 Å². The molecular formula is C37H46N4O6. The second kappa shape index (κ2) is 11.9. The monoisotopic (exact) mass is 642 g/mol. The van der Waals surface area contributed by atoms with Crippen molar-refractivity contribution in [3.05, 3.63) is 73.1 Å².